The van der Waals surface area contributed by atoms with Gasteiger partial charge in [-0.25, -0.2) is 17.2 Å². The third-order valence-electron chi connectivity index (χ3n) is 5.74. The summed E-state index contributed by atoms with van der Waals surface area (Å²) >= 11 is 1.62. The van der Waals surface area contributed by atoms with Crippen LogP contribution in [0.15, 0.2) is 36.4 Å². The molecule has 2 N–H and O–H groups in total. The second kappa shape index (κ2) is 7.03. The second-order valence-electron chi connectivity index (χ2n) is 7.75. The molecule has 0 aliphatic carbocycles. The predicted molar refractivity (Wildman–Crippen MR) is 119 cm³/mol. The molecule has 1 aliphatic rings. The van der Waals surface area contributed by atoms with Gasteiger partial charge in [-0.1, -0.05) is 12.0 Å². The van der Waals surface area contributed by atoms with Crippen molar-refractivity contribution < 1.29 is 17.2 Å². The van der Waals surface area contributed by atoms with E-state index < -0.39 is 45.1 Å². The van der Waals surface area contributed by atoms with Crippen LogP contribution in [0, 0.1) is 17.3 Å². The van der Waals surface area contributed by atoms with Crippen molar-refractivity contribution in [1.29, 1.82) is 5.41 Å². The molecule has 2 aromatic carbocycles. The summed E-state index contributed by atoms with van der Waals surface area (Å²) in [5, 5.41) is 12.9. The predicted octanol–water partition coefficient (Wildman–Crippen LogP) is 4.31. The molecule has 0 unspecified atom stereocenters. The summed E-state index contributed by atoms with van der Waals surface area (Å²) in [6.45, 7) is 0.476. The van der Waals surface area contributed by atoms with Crippen LogP contribution in [0.1, 0.15) is 25.0 Å². The van der Waals surface area contributed by atoms with Crippen LogP contribution in [-0.2, 0) is 15.4 Å². The fraction of sp³-hybridized carbons (Fsp3) is 0.318. The molecule has 0 amide bonds. The number of nitrogens with one attached hydrogen (secondary N) is 2. The molecule has 8 heteroatoms. The third-order valence-corrected chi connectivity index (χ3v) is 9.46. The van der Waals surface area contributed by atoms with Gasteiger partial charge in [0, 0.05) is 25.7 Å². The smallest absolute Gasteiger partial charge is 0.185 e. The molecule has 0 bridgehead atoms. The van der Waals surface area contributed by atoms with E-state index in [4.69, 9.17) is 5.41 Å². The molecular weight excluding hydrogens is 426 g/mol. The van der Waals surface area contributed by atoms with Crippen LogP contribution >= 0.6 is 11.3 Å². The van der Waals surface area contributed by atoms with Gasteiger partial charge in [0.1, 0.15) is 19.2 Å². The van der Waals surface area contributed by atoms with E-state index in [1.807, 2.05) is 30.3 Å². The zero-order valence-corrected chi connectivity index (χ0v) is 18.1. The molecule has 1 atom stereocenters. The van der Waals surface area contributed by atoms with Gasteiger partial charge in [-0.15, -0.1) is 17.3 Å². The van der Waals surface area contributed by atoms with E-state index in [2.05, 4.69) is 17.2 Å². The first-order valence-electron chi connectivity index (χ1n) is 9.31. The number of hydrogen-bond acceptors (Lipinski definition) is 4. The zero-order chi connectivity index (χ0) is 21.7. The van der Waals surface area contributed by atoms with Gasteiger partial charge in [-0.2, -0.15) is 0 Å². The third kappa shape index (κ3) is 2.91. The van der Waals surface area contributed by atoms with Crippen molar-refractivity contribution in [2.75, 3.05) is 19.1 Å². The van der Waals surface area contributed by atoms with Crippen LogP contribution in [0.3, 0.4) is 0 Å². The largest absolute Gasteiger partial charge is 0.362 e. The van der Waals surface area contributed by atoms with Gasteiger partial charge in [0.15, 0.2) is 14.6 Å². The number of halogens is 2. The van der Waals surface area contributed by atoms with Crippen molar-refractivity contribution in [3.63, 3.8) is 0 Å². The van der Waals surface area contributed by atoms with Gasteiger partial charge in [-0.3, -0.25) is 5.41 Å². The first-order chi connectivity index (χ1) is 14.2. The molecule has 2 heterocycles. The summed E-state index contributed by atoms with van der Waals surface area (Å²) < 4.78 is 52.5. The monoisotopic (exact) mass is 446 g/mol. The standard InChI is InChI=1S/C22H20F2N2O2S2/c1-3-4-14-5-7-18-16(9-14)17-10-15(6-8-19(17)29-18)21(2)13-30(27,28)22(11-23,12-24)20(25)26-21/h5-10H,11-13H2,1-2H3,(H2,25,26)/t21-/m0/s1. The minimum Gasteiger partial charge on any atom is -0.362 e. The Morgan fingerprint density at radius 2 is 1.77 bits per heavy atom. The lowest BCUT2D eigenvalue weighted by Crippen LogP contribution is -2.68. The van der Waals surface area contributed by atoms with E-state index in [0.717, 1.165) is 25.7 Å². The van der Waals surface area contributed by atoms with E-state index >= 15 is 0 Å². The van der Waals surface area contributed by atoms with Crippen LogP contribution in [-0.4, -0.2) is 38.1 Å². The number of sulfone groups is 1. The molecule has 1 aliphatic heterocycles. The molecule has 0 spiro atoms. The summed E-state index contributed by atoms with van der Waals surface area (Å²) in [5.41, 5.74) is 0.353. The van der Waals surface area contributed by atoms with Gasteiger partial charge in [0.25, 0.3) is 0 Å². The molecular formula is C22H20F2N2O2S2. The highest BCUT2D eigenvalue weighted by Crippen LogP contribution is 2.39. The molecule has 4 nitrogen and oxygen atoms in total. The minimum absolute atomic E-state index is 0.504. The maximum absolute atomic E-state index is 13.6. The fourth-order valence-corrected chi connectivity index (χ4v) is 6.97. The SMILES string of the molecule is CC#Cc1ccc2sc3ccc([C@]4(C)CS(=O)(=O)C(CF)(CF)C(=N)N4)cc3c2c1. The van der Waals surface area contributed by atoms with Crippen LogP contribution < -0.4 is 5.32 Å². The number of amidine groups is 1. The highest BCUT2D eigenvalue weighted by atomic mass is 32.2. The van der Waals surface area contributed by atoms with Crippen LogP contribution in [0.4, 0.5) is 8.78 Å². The number of rotatable bonds is 3. The summed E-state index contributed by atoms with van der Waals surface area (Å²) in [7, 11) is -4.24. The zero-order valence-electron chi connectivity index (χ0n) is 16.5. The number of hydrogen-bond donors (Lipinski definition) is 2. The highest BCUT2D eigenvalue weighted by molar-refractivity contribution is 7.93. The number of alkyl halides is 2. The van der Waals surface area contributed by atoms with Crippen molar-refractivity contribution in [2.45, 2.75) is 24.1 Å². The molecule has 1 saturated heterocycles. The first kappa shape index (κ1) is 20.8. The number of fused-ring (bicyclic) bond motifs is 3. The van der Waals surface area contributed by atoms with Gasteiger partial charge in [-0.05, 0) is 49.7 Å². The Morgan fingerprint density at radius 3 is 2.37 bits per heavy atom. The molecule has 3 aromatic rings. The second-order valence-corrected chi connectivity index (χ2v) is 11.1. The maximum atomic E-state index is 13.6. The summed E-state index contributed by atoms with van der Waals surface area (Å²) in [6, 6.07) is 11.6. The van der Waals surface area contributed by atoms with E-state index in [1.165, 1.54) is 0 Å². The van der Waals surface area contributed by atoms with Crippen LogP contribution in [0.5, 0.6) is 0 Å². The highest BCUT2D eigenvalue weighted by Gasteiger charge is 2.56. The normalized spacial score (nSPS) is 22.5. The maximum Gasteiger partial charge on any atom is 0.185 e. The molecule has 4 rings (SSSR count). The lowest BCUT2D eigenvalue weighted by atomic mass is 9.91. The lowest BCUT2D eigenvalue weighted by molar-refractivity contribution is 0.330. The molecule has 30 heavy (non-hydrogen) atoms. The molecule has 0 radical (unpaired) electrons. The molecule has 1 fully saturated rings. The van der Waals surface area contributed by atoms with Crippen molar-refractivity contribution in [1.82, 2.24) is 5.32 Å². The van der Waals surface area contributed by atoms with E-state index in [9.17, 15) is 17.2 Å². The van der Waals surface area contributed by atoms with Crippen molar-refractivity contribution in [3.05, 3.63) is 47.5 Å². The van der Waals surface area contributed by atoms with Gasteiger partial charge in [0.05, 0.1) is 11.3 Å². The molecule has 1 aromatic heterocycles. The van der Waals surface area contributed by atoms with E-state index in [0.29, 0.717) is 5.56 Å². The Balaban J connectivity index is 1.86. The van der Waals surface area contributed by atoms with Gasteiger partial charge >= 0.3 is 0 Å². The summed E-state index contributed by atoms with van der Waals surface area (Å²) in [6.07, 6.45) is 0. The topological polar surface area (TPSA) is 70.0 Å². The lowest BCUT2D eigenvalue weighted by Gasteiger charge is -2.44. The Bertz CT molecular complexity index is 1350. The van der Waals surface area contributed by atoms with Gasteiger partial charge < -0.3 is 5.32 Å². The van der Waals surface area contributed by atoms with Crippen molar-refractivity contribution in [2.24, 2.45) is 0 Å². The van der Waals surface area contributed by atoms with Crippen LogP contribution in [0.25, 0.3) is 20.2 Å². The quantitative estimate of drug-likeness (QED) is 0.589. The number of thiophene rings is 1. The van der Waals surface area contributed by atoms with Gasteiger partial charge in [0.2, 0.25) is 0 Å². The van der Waals surface area contributed by atoms with E-state index in [-0.39, 0.29) is 0 Å². The Morgan fingerprint density at radius 1 is 1.13 bits per heavy atom. The summed E-state index contributed by atoms with van der Waals surface area (Å²) in [5.74, 6) is 4.78. The van der Waals surface area contributed by atoms with Crippen molar-refractivity contribution in [3.8, 4) is 11.8 Å². The van der Waals surface area contributed by atoms with Crippen LogP contribution in [0.2, 0.25) is 0 Å². The number of benzene rings is 2. The Hall–Kier alpha value is -2.50. The first-order valence-corrected chi connectivity index (χ1v) is 11.8. The summed E-state index contributed by atoms with van der Waals surface area (Å²) in [4.78, 5) is 0. The Kier molecular flexibility index (Phi) is 4.87. The minimum atomic E-state index is -4.24. The average Bonchev–Trinajstić information content (AvgIpc) is 3.05. The van der Waals surface area contributed by atoms with Crippen molar-refractivity contribution >= 4 is 47.2 Å². The molecule has 0 saturated carbocycles. The Labute approximate surface area is 177 Å². The van der Waals surface area contributed by atoms with E-state index in [1.54, 1.807) is 31.3 Å². The average molecular weight is 447 g/mol. The molecule has 156 valence electrons. The fourth-order valence-electron chi connectivity index (χ4n) is 3.93.